The number of ether oxygens (including phenoxy) is 1. The summed E-state index contributed by atoms with van der Waals surface area (Å²) in [5, 5.41) is 8.40. The van der Waals surface area contributed by atoms with Crippen LogP contribution >= 0.6 is 0 Å². The number of anilines is 2. The van der Waals surface area contributed by atoms with E-state index < -0.39 is 6.10 Å². The maximum absolute atomic E-state index is 13.0. The summed E-state index contributed by atoms with van der Waals surface area (Å²) in [5.41, 5.74) is 1.29. The number of benzene rings is 2. The Bertz CT molecular complexity index is 931. The normalized spacial score (nSPS) is 14.8. The third-order valence-electron chi connectivity index (χ3n) is 5.36. The minimum atomic E-state index is -0.788. The first-order chi connectivity index (χ1) is 15.5. The van der Waals surface area contributed by atoms with E-state index in [4.69, 9.17) is 4.74 Å². The van der Waals surface area contributed by atoms with E-state index in [1.807, 2.05) is 38.1 Å². The van der Waals surface area contributed by atoms with Gasteiger partial charge in [0, 0.05) is 24.7 Å². The summed E-state index contributed by atoms with van der Waals surface area (Å²) < 4.78 is 5.89. The zero-order valence-corrected chi connectivity index (χ0v) is 18.5. The van der Waals surface area contributed by atoms with Gasteiger partial charge >= 0.3 is 6.03 Å². The van der Waals surface area contributed by atoms with E-state index >= 15 is 0 Å². The predicted octanol–water partition coefficient (Wildman–Crippen LogP) is 3.30. The van der Waals surface area contributed by atoms with E-state index in [0.29, 0.717) is 17.1 Å². The molecular weight excluding hydrogens is 408 g/mol. The van der Waals surface area contributed by atoms with Crippen LogP contribution in [0, 0.1) is 0 Å². The molecule has 0 radical (unpaired) electrons. The lowest BCUT2D eigenvalue weighted by Gasteiger charge is -2.34. The third-order valence-corrected chi connectivity index (χ3v) is 5.36. The number of hydrogen-bond donors (Lipinski definition) is 3. The van der Waals surface area contributed by atoms with Gasteiger partial charge in [0.25, 0.3) is 5.91 Å². The number of nitrogens with one attached hydrogen (secondary N) is 3. The zero-order chi connectivity index (χ0) is 22.9. The first-order valence-electron chi connectivity index (χ1n) is 11.0. The minimum Gasteiger partial charge on any atom is -0.477 e. The van der Waals surface area contributed by atoms with Crippen LogP contribution in [0.25, 0.3) is 0 Å². The minimum absolute atomic E-state index is 0.0692. The molecule has 1 heterocycles. The SMILES string of the molecule is CCC(CC)NC(=O)C1CN(C(=O)CCNC(=O)Nc2ccccc2)c2ccccc2O1. The van der Waals surface area contributed by atoms with Crippen LogP contribution in [0.1, 0.15) is 33.1 Å². The second-order valence-electron chi connectivity index (χ2n) is 7.60. The molecule has 0 saturated carbocycles. The Morgan fingerprint density at radius 2 is 1.72 bits per heavy atom. The Balaban J connectivity index is 1.60. The average Bonchev–Trinajstić information content (AvgIpc) is 2.82. The highest BCUT2D eigenvalue weighted by Gasteiger charge is 2.34. The summed E-state index contributed by atoms with van der Waals surface area (Å²) >= 11 is 0. The van der Waals surface area contributed by atoms with Crippen LogP contribution in [0.3, 0.4) is 0 Å². The molecule has 3 N–H and O–H groups in total. The van der Waals surface area contributed by atoms with E-state index in [1.54, 1.807) is 35.2 Å². The highest BCUT2D eigenvalue weighted by Crippen LogP contribution is 2.33. The maximum atomic E-state index is 13.0. The highest BCUT2D eigenvalue weighted by molar-refractivity contribution is 5.98. The number of fused-ring (bicyclic) bond motifs is 1. The molecule has 1 aliphatic heterocycles. The monoisotopic (exact) mass is 438 g/mol. The van der Waals surface area contributed by atoms with Crippen molar-refractivity contribution in [3.8, 4) is 5.75 Å². The van der Waals surface area contributed by atoms with Crippen molar-refractivity contribution >= 4 is 29.2 Å². The van der Waals surface area contributed by atoms with Gasteiger partial charge in [0.15, 0.2) is 6.10 Å². The van der Waals surface area contributed by atoms with Crippen molar-refractivity contribution in [1.29, 1.82) is 0 Å². The summed E-state index contributed by atoms with van der Waals surface area (Å²) in [7, 11) is 0. The summed E-state index contributed by atoms with van der Waals surface area (Å²) in [6, 6.07) is 15.9. The Morgan fingerprint density at radius 1 is 1.03 bits per heavy atom. The lowest BCUT2D eigenvalue weighted by atomic mass is 10.1. The van der Waals surface area contributed by atoms with Gasteiger partial charge in [0.05, 0.1) is 12.2 Å². The Hall–Kier alpha value is -3.55. The topological polar surface area (TPSA) is 99.8 Å². The number of carbonyl (C=O) groups is 3. The van der Waals surface area contributed by atoms with Crippen molar-refractivity contribution in [2.24, 2.45) is 0 Å². The first-order valence-corrected chi connectivity index (χ1v) is 11.0. The summed E-state index contributed by atoms with van der Waals surface area (Å²) in [6.45, 7) is 4.32. The quantitative estimate of drug-likeness (QED) is 0.589. The van der Waals surface area contributed by atoms with Gasteiger partial charge in [-0.1, -0.05) is 44.2 Å². The molecule has 0 fully saturated rings. The van der Waals surface area contributed by atoms with Crippen molar-refractivity contribution in [3.63, 3.8) is 0 Å². The molecule has 0 aromatic heterocycles. The number of hydrogen-bond acceptors (Lipinski definition) is 4. The van der Waals surface area contributed by atoms with Gasteiger partial charge in [0.2, 0.25) is 5.91 Å². The molecule has 0 aliphatic carbocycles. The molecule has 8 nitrogen and oxygen atoms in total. The van der Waals surface area contributed by atoms with E-state index in [2.05, 4.69) is 16.0 Å². The molecule has 0 saturated heterocycles. The number of carbonyl (C=O) groups excluding carboxylic acids is 3. The molecule has 1 aliphatic rings. The maximum Gasteiger partial charge on any atom is 0.319 e. The largest absolute Gasteiger partial charge is 0.477 e. The fourth-order valence-corrected chi connectivity index (χ4v) is 3.51. The van der Waals surface area contributed by atoms with Gasteiger partial charge in [-0.2, -0.15) is 0 Å². The average molecular weight is 439 g/mol. The lowest BCUT2D eigenvalue weighted by Crippen LogP contribution is -2.52. The van der Waals surface area contributed by atoms with Crippen LogP contribution < -0.4 is 25.6 Å². The van der Waals surface area contributed by atoms with Gasteiger partial charge in [0.1, 0.15) is 5.75 Å². The van der Waals surface area contributed by atoms with Crippen LogP contribution in [0.5, 0.6) is 5.75 Å². The molecule has 1 unspecified atom stereocenters. The fourth-order valence-electron chi connectivity index (χ4n) is 3.51. The van der Waals surface area contributed by atoms with Crippen LogP contribution in [0.15, 0.2) is 54.6 Å². The Labute approximate surface area is 188 Å². The molecule has 32 heavy (non-hydrogen) atoms. The van der Waals surface area contributed by atoms with E-state index in [-0.39, 0.29) is 43.4 Å². The zero-order valence-electron chi connectivity index (χ0n) is 18.5. The standard InChI is InChI=1S/C24H30N4O4/c1-3-17(4-2)26-23(30)21-16-28(19-12-8-9-13-20(19)32-21)22(29)14-15-25-24(31)27-18-10-6-5-7-11-18/h5-13,17,21H,3-4,14-16H2,1-2H3,(H,26,30)(H2,25,27,31). The van der Waals surface area contributed by atoms with Crippen LogP contribution in [0.2, 0.25) is 0 Å². The molecular formula is C24H30N4O4. The van der Waals surface area contributed by atoms with Gasteiger partial charge in [-0.05, 0) is 37.1 Å². The molecule has 0 spiro atoms. The second-order valence-corrected chi connectivity index (χ2v) is 7.60. The van der Waals surface area contributed by atoms with Gasteiger partial charge in [-0.15, -0.1) is 0 Å². The molecule has 3 rings (SSSR count). The summed E-state index contributed by atoms with van der Waals surface area (Å²) in [4.78, 5) is 39.3. The smallest absolute Gasteiger partial charge is 0.319 e. The van der Waals surface area contributed by atoms with Gasteiger partial charge in [-0.25, -0.2) is 4.79 Å². The first kappa shape index (κ1) is 23.1. The fraction of sp³-hybridized carbons (Fsp3) is 0.375. The highest BCUT2D eigenvalue weighted by atomic mass is 16.5. The Kier molecular flexibility index (Phi) is 8.08. The van der Waals surface area contributed by atoms with Gasteiger partial charge in [-0.3, -0.25) is 9.59 Å². The molecule has 4 amide bonds. The third kappa shape index (κ3) is 6.00. The molecule has 0 bridgehead atoms. The second kappa shape index (κ2) is 11.2. The summed E-state index contributed by atoms with van der Waals surface area (Å²) in [6.07, 6.45) is 0.955. The van der Waals surface area contributed by atoms with Crippen LogP contribution in [0.4, 0.5) is 16.2 Å². The van der Waals surface area contributed by atoms with Crippen molar-refractivity contribution < 1.29 is 19.1 Å². The Morgan fingerprint density at radius 3 is 2.44 bits per heavy atom. The molecule has 2 aromatic carbocycles. The van der Waals surface area contributed by atoms with Crippen molar-refractivity contribution in [3.05, 3.63) is 54.6 Å². The van der Waals surface area contributed by atoms with E-state index in [0.717, 1.165) is 12.8 Å². The number of amides is 4. The number of nitrogens with zero attached hydrogens (tertiary/aromatic N) is 1. The number of para-hydroxylation sites is 3. The molecule has 2 aromatic rings. The molecule has 1 atom stereocenters. The molecule has 170 valence electrons. The van der Waals surface area contributed by atoms with Crippen LogP contribution in [-0.2, 0) is 9.59 Å². The van der Waals surface area contributed by atoms with E-state index in [1.165, 1.54) is 0 Å². The number of rotatable bonds is 8. The van der Waals surface area contributed by atoms with Crippen molar-refractivity contribution in [2.75, 3.05) is 23.3 Å². The van der Waals surface area contributed by atoms with Gasteiger partial charge < -0.3 is 25.6 Å². The van der Waals surface area contributed by atoms with E-state index in [9.17, 15) is 14.4 Å². The van der Waals surface area contributed by atoms with Crippen molar-refractivity contribution in [2.45, 2.75) is 45.3 Å². The number of urea groups is 1. The molecule has 8 heteroatoms. The van der Waals surface area contributed by atoms with Crippen LogP contribution in [-0.4, -0.2) is 43.1 Å². The summed E-state index contributed by atoms with van der Waals surface area (Å²) in [5.74, 6) is 0.0686. The predicted molar refractivity (Wildman–Crippen MR) is 124 cm³/mol. The van der Waals surface area contributed by atoms with Crippen molar-refractivity contribution in [1.82, 2.24) is 10.6 Å². The lowest BCUT2D eigenvalue weighted by molar-refractivity contribution is -0.129.